The summed E-state index contributed by atoms with van der Waals surface area (Å²) in [4.78, 5) is 40.0. The summed E-state index contributed by atoms with van der Waals surface area (Å²) in [6, 6.07) is 17.2. The molecule has 1 heterocycles. The van der Waals surface area contributed by atoms with Crippen molar-refractivity contribution < 1.29 is 28.6 Å². The Hall–Kier alpha value is -3.35. The number of methoxy groups -OCH3 is 1. The number of nitrogens with zero attached hydrogens (tertiary/aromatic N) is 1. The Bertz CT molecular complexity index is 1010. The second-order valence-corrected chi connectivity index (χ2v) is 10.2. The first-order valence-corrected chi connectivity index (χ1v) is 12.5. The van der Waals surface area contributed by atoms with Crippen LogP contribution in [0.15, 0.2) is 54.6 Å². The molecule has 7 heteroatoms. The van der Waals surface area contributed by atoms with Crippen molar-refractivity contribution in [1.29, 1.82) is 0 Å². The molecule has 0 N–H and O–H groups in total. The Morgan fingerprint density at radius 1 is 1.03 bits per heavy atom. The van der Waals surface area contributed by atoms with Crippen molar-refractivity contribution in [3.8, 4) is 5.75 Å². The van der Waals surface area contributed by atoms with Crippen LogP contribution in [0.4, 0.5) is 4.79 Å². The largest absolute Gasteiger partial charge is 0.497 e. The second kappa shape index (κ2) is 12.6. The van der Waals surface area contributed by atoms with Crippen molar-refractivity contribution in [3.05, 3.63) is 65.7 Å². The van der Waals surface area contributed by atoms with Gasteiger partial charge in [0.1, 0.15) is 18.0 Å². The molecule has 2 amide bonds. The average molecular weight is 496 g/mol. The number of rotatable bonds is 11. The number of ether oxygens (including phenoxy) is 3. The molecule has 0 radical (unpaired) electrons. The van der Waals surface area contributed by atoms with Crippen molar-refractivity contribution in [2.24, 2.45) is 5.92 Å². The highest BCUT2D eigenvalue weighted by Gasteiger charge is 2.41. The van der Waals surface area contributed by atoms with Gasteiger partial charge in [-0.3, -0.25) is 9.59 Å². The van der Waals surface area contributed by atoms with E-state index in [1.54, 1.807) is 27.9 Å². The second-order valence-electron chi connectivity index (χ2n) is 10.2. The molecule has 2 aromatic carbocycles. The molecule has 1 saturated heterocycles. The number of amides is 2. The van der Waals surface area contributed by atoms with E-state index < -0.39 is 29.6 Å². The van der Waals surface area contributed by atoms with Gasteiger partial charge in [0.25, 0.3) is 0 Å². The van der Waals surface area contributed by atoms with E-state index in [-0.39, 0.29) is 18.9 Å². The topological polar surface area (TPSA) is 82.1 Å². The van der Waals surface area contributed by atoms with Crippen LogP contribution in [0.25, 0.3) is 0 Å². The van der Waals surface area contributed by atoms with Gasteiger partial charge < -0.3 is 14.2 Å². The fraction of sp³-hybridized carbons (Fsp3) is 0.483. The van der Waals surface area contributed by atoms with Crippen LogP contribution >= 0.6 is 0 Å². The average Bonchev–Trinajstić information content (AvgIpc) is 3.20. The SMILES string of the molecule is COc1ccc(CCCC[C@H](CC(=O)OC(C)(C)C)C(=O)N2C(=O)OC[C@@H]2Cc2ccccc2)cc1. The minimum absolute atomic E-state index is 0.0690. The van der Waals surface area contributed by atoms with Gasteiger partial charge in [0.05, 0.1) is 19.6 Å². The Labute approximate surface area is 213 Å². The van der Waals surface area contributed by atoms with Gasteiger partial charge in [-0.1, -0.05) is 48.9 Å². The molecule has 0 aromatic heterocycles. The molecule has 0 spiro atoms. The molecule has 2 aromatic rings. The smallest absolute Gasteiger partial charge is 0.416 e. The van der Waals surface area contributed by atoms with E-state index in [1.807, 2.05) is 54.6 Å². The maximum atomic E-state index is 13.6. The van der Waals surface area contributed by atoms with Crippen LogP contribution in [0.3, 0.4) is 0 Å². The first-order valence-electron chi connectivity index (χ1n) is 12.5. The van der Waals surface area contributed by atoms with Crippen molar-refractivity contribution in [2.45, 2.75) is 70.9 Å². The standard InChI is InChI=1S/C29H37NO6/c1-29(2,3)36-26(31)19-23(13-9-8-10-21-14-16-25(34-4)17-15-21)27(32)30-24(20-35-28(30)33)18-22-11-6-5-7-12-22/h5-7,11-12,14-17,23-24H,8-10,13,18-20H2,1-4H3/t23-,24+/m1/s1. The summed E-state index contributed by atoms with van der Waals surface area (Å²) in [6.45, 7) is 5.54. The predicted molar refractivity (Wildman–Crippen MR) is 137 cm³/mol. The molecule has 1 fully saturated rings. The maximum absolute atomic E-state index is 13.6. The third-order valence-corrected chi connectivity index (χ3v) is 6.12. The molecule has 0 aliphatic carbocycles. The molecule has 1 aliphatic heterocycles. The van der Waals surface area contributed by atoms with E-state index in [2.05, 4.69) is 0 Å². The number of unbranched alkanes of at least 4 members (excludes halogenated alkanes) is 1. The number of imide groups is 1. The molecule has 194 valence electrons. The summed E-state index contributed by atoms with van der Waals surface area (Å²) in [7, 11) is 1.64. The summed E-state index contributed by atoms with van der Waals surface area (Å²) >= 11 is 0. The third-order valence-electron chi connectivity index (χ3n) is 6.12. The van der Waals surface area contributed by atoms with Gasteiger partial charge in [0.2, 0.25) is 5.91 Å². The van der Waals surface area contributed by atoms with E-state index in [9.17, 15) is 14.4 Å². The number of cyclic esters (lactones) is 1. The van der Waals surface area contributed by atoms with Crippen LogP contribution in [-0.4, -0.2) is 48.2 Å². The molecular formula is C29H37NO6. The van der Waals surface area contributed by atoms with Crippen molar-refractivity contribution in [1.82, 2.24) is 4.90 Å². The zero-order valence-electron chi connectivity index (χ0n) is 21.7. The van der Waals surface area contributed by atoms with Gasteiger partial charge in [0, 0.05) is 5.92 Å². The lowest BCUT2D eigenvalue weighted by Crippen LogP contribution is -2.44. The monoisotopic (exact) mass is 495 g/mol. The quantitative estimate of drug-likeness (QED) is 0.309. The first-order chi connectivity index (χ1) is 17.2. The highest BCUT2D eigenvalue weighted by molar-refractivity contribution is 5.96. The summed E-state index contributed by atoms with van der Waals surface area (Å²) in [5, 5.41) is 0. The number of carbonyl (C=O) groups excluding carboxylic acids is 3. The van der Waals surface area contributed by atoms with Gasteiger partial charge in [-0.15, -0.1) is 0 Å². The molecule has 0 bridgehead atoms. The predicted octanol–water partition coefficient (Wildman–Crippen LogP) is 5.35. The Kier molecular flexibility index (Phi) is 9.51. The van der Waals surface area contributed by atoms with Gasteiger partial charge in [0.15, 0.2) is 0 Å². The lowest BCUT2D eigenvalue weighted by Gasteiger charge is -2.26. The minimum atomic E-state index is -0.653. The van der Waals surface area contributed by atoms with E-state index in [4.69, 9.17) is 14.2 Å². The van der Waals surface area contributed by atoms with E-state index >= 15 is 0 Å². The first kappa shape index (κ1) is 27.2. The number of esters is 1. The van der Waals surface area contributed by atoms with Gasteiger partial charge in [-0.2, -0.15) is 0 Å². The Morgan fingerprint density at radius 2 is 1.72 bits per heavy atom. The van der Waals surface area contributed by atoms with Crippen LogP contribution in [0.5, 0.6) is 5.75 Å². The summed E-state index contributed by atoms with van der Waals surface area (Å²) in [5.74, 6) is -0.652. The number of hydrogen-bond donors (Lipinski definition) is 0. The minimum Gasteiger partial charge on any atom is -0.497 e. The van der Waals surface area contributed by atoms with Crippen LogP contribution in [-0.2, 0) is 31.9 Å². The highest BCUT2D eigenvalue weighted by Crippen LogP contribution is 2.26. The van der Waals surface area contributed by atoms with Gasteiger partial charge >= 0.3 is 12.1 Å². The number of carbonyl (C=O) groups is 3. The molecule has 36 heavy (non-hydrogen) atoms. The number of hydrogen-bond acceptors (Lipinski definition) is 6. The molecule has 2 atom stereocenters. The summed E-state index contributed by atoms with van der Waals surface area (Å²) in [5.41, 5.74) is 1.54. The van der Waals surface area contributed by atoms with Crippen molar-refractivity contribution in [3.63, 3.8) is 0 Å². The molecule has 0 unspecified atom stereocenters. The fourth-order valence-electron chi connectivity index (χ4n) is 4.37. The molecule has 0 saturated carbocycles. The molecule has 3 rings (SSSR count). The third kappa shape index (κ3) is 8.11. The Morgan fingerprint density at radius 3 is 2.36 bits per heavy atom. The maximum Gasteiger partial charge on any atom is 0.416 e. The van der Waals surface area contributed by atoms with E-state index in [0.717, 1.165) is 30.6 Å². The van der Waals surface area contributed by atoms with Gasteiger partial charge in [-0.05, 0) is 69.7 Å². The zero-order valence-corrected chi connectivity index (χ0v) is 21.7. The highest BCUT2D eigenvalue weighted by atomic mass is 16.6. The normalized spacial score (nSPS) is 16.4. The summed E-state index contributed by atoms with van der Waals surface area (Å²) in [6.07, 6.45) is 2.71. The number of aryl methyl sites for hydroxylation is 1. The van der Waals surface area contributed by atoms with E-state index in [0.29, 0.717) is 12.8 Å². The lowest BCUT2D eigenvalue weighted by molar-refractivity contribution is -0.158. The molecular weight excluding hydrogens is 458 g/mol. The van der Waals surface area contributed by atoms with Crippen LogP contribution < -0.4 is 4.74 Å². The lowest BCUT2D eigenvalue weighted by atomic mass is 9.94. The van der Waals surface area contributed by atoms with Crippen molar-refractivity contribution in [2.75, 3.05) is 13.7 Å². The fourth-order valence-corrected chi connectivity index (χ4v) is 4.37. The van der Waals surface area contributed by atoms with Crippen molar-refractivity contribution >= 4 is 18.0 Å². The zero-order chi connectivity index (χ0) is 26.1. The Balaban J connectivity index is 1.66. The van der Waals surface area contributed by atoms with Crippen LogP contribution in [0, 0.1) is 5.92 Å². The number of benzene rings is 2. The molecule has 7 nitrogen and oxygen atoms in total. The molecule has 1 aliphatic rings. The van der Waals surface area contributed by atoms with Crippen LogP contribution in [0.1, 0.15) is 57.6 Å². The van der Waals surface area contributed by atoms with Crippen LogP contribution in [0.2, 0.25) is 0 Å². The summed E-state index contributed by atoms with van der Waals surface area (Å²) < 4.78 is 15.9. The van der Waals surface area contributed by atoms with Gasteiger partial charge in [-0.25, -0.2) is 9.69 Å². The van der Waals surface area contributed by atoms with E-state index in [1.165, 1.54) is 10.5 Å².